The third kappa shape index (κ3) is 2.59. The van der Waals surface area contributed by atoms with E-state index in [9.17, 15) is 35.1 Å². The van der Waals surface area contributed by atoms with Crippen LogP contribution in [0.4, 0.5) is 35.1 Å². The molecule has 2 aromatic rings. The summed E-state index contributed by atoms with van der Waals surface area (Å²) in [6.07, 6.45) is 0. The summed E-state index contributed by atoms with van der Waals surface area (Å²) in [5.41, 5.74) is -3.96. The monoisotopic (exact) mass is 353 g/mol. The van der Waals surface area contributed by atoms with Crippen molar-refractivity contribution in [2.75, 3.05) is 7.11 Å². The Bertz CT molecular complexity index is 808. The van der Waals surface area contributed by atoms with Crippen molar-refractivity contribution in [3.8, 4) is 5.75 Å². The molecule has 0 heterocycles. The molecule has 0 aliphatic carbocycles. The van der Waals surface area contributed by atoms with Gasteiger partial charge in [-0.1, -0.05) is 0 Å². The standard InChI is InChI=1S/C14H6BF8O/c1-3-6(16)8(18)4(9(19)7(3)17)15-5-10(20)12(22)13(23)14(24-2)11(5)21/h1-2H3. The zero-order valence-electron chi connectivity index (χ0n) is 12.0. The second-order valence-corrected chi connectivity index (χ2v) is 4.64. The summed E-state index contributed by atoms with van der Waals surface area (Å²) in [5, 5.41) is 0. The van der Waals surface area contributed by atoms with Gasteiger partial charge in [-0.25, -0.2) is 30.7 Å². The van der Waals surface area contributed by atoms with Crippen LogP contribution in [-0.2, 0) is 0 Å². The van der Waals surface area contributed by atoms with E-state index in [1.807, 2.05) is 0 Å². The van der Waals surface area contributed by atoms with E-state index in [0.29, 0.717) is 0 Å². The molecule has 0 aliphatic rings. The lowest BCUT2D eigenvalue weighted by molar-refractivity contribution is 0.338. The molecular formula is C14H6BF8O. The highest BCUT2D eigenvalue weighted by Crippen LogP contribution is 2.24. The Balaban J connectivity index is 2.73. The Morgan fingerprint density at radius 3 is 1.46 bits per heavy atom. The van der Waals surface area contributed by atoms with Gasteiger partial charge >= 0.3 is 0 Å². The summed E-state index contributed by atoms with van der Waals surface area (Å²) in [6, 6.07) is 0. The number of halogens is 8. The van der Waals surface area contributed by atoms with E-state index in [2.05, 4.69) is 4.74 Å². The third-order valence-corrected chi connectivity index (χ3v) is 3.27. The van der Waals surface area contributed by atoms with Crippen molar-refractivity contribution in [1.29, 1.82) is 0 Å². The molecule has 0 unspecified atom stereocenters. The molecule has 0 saturated carbocycles. The van der Waals surface area contributed by atoms with Crippen LogP contribution in [0.3, 0.4) is 0 Å². The van der Waals surface area contributed by atoms with Crippen LogP contribution < -0.4 is 15.7 Å². The number of hydrogen-bond donors (Lipinski definition) is 0. The van der Waals surface area contributed by atoms with E-state index < -0.39 is 68.8 Å². The van der Waals surface area contributed by atoms with Crippen LogP contribution in [0.25, 0.3) is 0 Å². The third-order valence-electron chi connectivity index (χ3n) is 3.27. The predicted molar refractivity (Wildman–Crippen MR) is 68.9 cm³/mol. The summed E-state index contributed by atoms with van der Waals surface area (Å²) < 4.78 is 113. The first kappa shape index (κ1) is 18.1. The molecular weight excluding hydrogens is 347 g/mol. The molecule has 1 radical (unpaired) electrons. The second kappa shape index (κ2) is 6.33. The predicted octanol–water partition coefficient (Wildman–Crippen LogP) is 2.77. The first-order chi connectivity index (χ1) is 11.1. The average molecular weight is 353 g/mol. The van der Waals surface area contributed by atoms with Crippen molar-refractivity contribution in [3.63, 3.8) is 0 Å². The van der Waals surface area contributed by atoms with Gasteiger partial charge in [0.2, 0.25) is 13.1 Å². The van der Waals surface area contributed by atoms with Crippen LogP contribution in [0.2, 0.25) is 0 Å². The Morgan fingerprint density at radius 2 is 1.00 bits per heavy atom. The first-order valence-corrected chi connectivity index (χ1v) is 6.20. The maximum absolute atomic E-state index is 14.0. The van der Waals surface area contributed by atoms with Gasteiger partial charge in [0.15, 0.2) is 46.5 Å². The lowest BCUT2D eigenvalue weighted by Crippen LogP contribution is -2.39. The Kier molecular flexibility index (Phi) is 4.77. The number of ether oxygens (including phenoxy) is 1. The van der Waals surface area contributed by atoms with E-state index in [1.165, 1.54) is 0 Å². The van der Waals surface area contributed by atoms with Crippen molar-refractivity contribution in [2.24, 2.45) is 0 Å². The second-order valence-electron chi connectivity index (χ2n) is 4.64. The molecule has 0 amide bonds. The summed E-state index contributed by atoms with van der Waals surface area (Å²) in [7, 11) is 0.709. The van der Waals surface area contributed by atoms with E-state index in [0.717, 1.165) is 14.0 Å². The van der Waals surface area contributed by atoms with Gasteiger partial charge in [0, 0.05) is 5.56 Å². The molecule has 24 heavy (non-hydrogen) atoms. The molecule has 10 heteroatoms. The van der Waals surface area contributed by atoms with Crippen LogP contribution in [0.5, 0.6) is 5.75 Å². The minimum absolute atomic E-state index is 0.0219. The van der Waals surface area contributed by atoms with Gasteiger partial charge in [-0.15, -0.1) is 0 Å². The normalized spacial score (nSPS) is 10.9. The largest absolute Gasteiger partial charge is 0.491 e. The summed E-state index contributed by atoms with van der Waals surface area (Å²) in [4.78, 5) is 0. The molecule has 0 atom stereocenters. The number of hydrogen-bond acceptors (Lipinski definition) is 1. The molecule has 0 aliphatic heterocycles. The maximum atomic E-state index is 14.0. The minimum atomic E-state index is -2.19. The smallest absolute Gasteiger partial charge is 0.207 e. The average Bonchev–Trinajstić information content (AvgIpc) is 2.56. The van der Waals surface area contributed by atoms with E-state index in [-0.39, 0.29) is 7.28 Å². The van der Waals surface area contributed by atoms with Gasteiger partial charge in [-0.2, -0.15) is 4.39 Å². The zero-order valence-corrected chi connectivity index (χ0v) is 12.0. The zero-order chi connectivity index (χ0) is 18.3. The fraction of sp³-hybridized carbons (Fsp3) is 0.143. The molecule has 0 spiro atoms. The lowest BCUT2D eigenvalue weighted by Gasteiger charge is -2.13. The summed E-state index contributed by atoms with van der Waals surface area (Å²) in [5.74, 6) is -17.0. The van der Waals surface area contributed by atoms with Crippen LogP contribution >= 0.6 is 0 Å². The fourth-order valence-corrected chi connectivity index (χ4v) is 1.96. The lowest BCUT2D eigenvalue weighted by atomic mass is 9.62. The summed E-state index contributed by atoms with van der Waals surface area (Å²) in [6.45, 7) is 0.738. The van der Waals surface area contributed by atoms with Gasteiger partial charge in [-0.3, -0.25) is 0 Å². The molecule has 0 saturated heterocycles. The van der Waals surface area contributed by atoms with E-state index >= 15 is 0 Å². The van der Waals surface area contributed by atoms with Crippen LogP contribution in [-0.4, -0.2) is 14.4 Å². The van der Waals surface area contributed by atoms with Gasteiger partial charge in [0.25, 0.3) is 0 Å². The SMILES string of the molecule is COc1c(F)c(F)c(F)c([B]c2c(F)c(F)c(C)c(F)c2F)c1F. The van der Waals surface area contributed by atoms with Gasteiger partial charge < -0.3 is 4.74 Å². The van der Waals surface area contributed by atoms with Crippen molar-refractivity contribution < 1.29 is 39.9 Å². The first-order valence-electron chi connectivity index (χ1n) is 6.20. The number of rotatable bonds is 3. The fourth-order valence-electron chi connectivity index (χ4n) is 1.96. The maximum Gasteiger partial charge on any atom is 0.207 e. The molecule has 0 fully saturated rings. The Morgan fingerprint density at radius 1 is 0.583 bits per heavy atom. The van der Waals surface area contributed by atoms with Crippen LogP contribution in [0.15, 0.2) is 0 Å². The number of methoxy groups -OCH3 is 1. The molecule has 127 valence electrons. The quantitative estimate of drug-likeness (QED) is 0.357. The molecule has 2 aromatic carbocycles. The highest BCUT2D eigenvalue weighted by atomic mass is 19.2. The van der Waals surface area contributed by atoms with E-state index in [1.54, 1.807) is 0 Å². The van der Waals surface area contributed by atoms with Crippen molar-refractivity contribution >= 4 is 18.2 Å². The highest BCUT2D eigenvalue weighted by molar-refractivity contribution is 6.67. The van der Waals surface area contributed by atoms with Crippen molar-refractivity contribution in [1.82, 2.24) is 0 Å². The Hall–Kier alpha value is -2.26. The molecule has 1 nitrogen and oxygen atoms in total. The Labute approximate surface area is 131 Å². The number of benzene rings is 2. The highest BCUT2D eigenvalue weighted by Gasteiger charge is 2.30. The van der Waals surface area contributed by atoms with Gasteiger partial charge in [-0.05, 0) is 17.8 Å². The van der Waals surface area contributed by atoms with E-state index in [4.69, 9.17) is 0 Å². The molecule has 0 bridgehead atoms. The van der Waals surface area contributed by atoms with Gasteiger partial charge in [0.05, 0.1) is 7.11 Å². The van der Waals surface area contributed by atoms with Crippen molar-refractivity contribution in [2.45, 2.75) is 6.92 Å². The summed E-state index contributed by atoms with van der Waals surface area (Å²) >= 11 is 0. The molecule has 0 aromatic heterocycles. The van der Waals surface area contributed by atoms with Crippen LogP contribution in [0.1, 0.15) is 5.56 Å². The van der Waals surface area contributed by atoms with Gasteiger partial charge in [0.1, 0.15) is 0 Å². The molecule has 2 rings (SSSR count). The minimum Gasteiger partial charge on any atom is -0.491 e. The molecule has 0 N–H and O–H groups in total. The topological polar surface area (TPSA) is 9.23 Å². The van der Waals surface area contributed by atoms with Crippen molar-refractivity contribution in [3.05, 3.63) is 52.1 Å². The van der Waals surface area contributed by atoms with Crippen LogP contribution in [0, 0.1) is 53.5 Å².